The Morgan fingerprint density at radius 3 is 2.39 bits per heavy atom. The molecule has 0 radical (unpaired) electrons. The standard InChI is InChI=1S/C31H31N6O/c1-5-35(17-18-37(2,3)4)24-15-13-22(14-16-24)33-34-23-19-21-9-8-10-25-29(21)26(20-23)30-32-27-11-6-7-12-28(27)36(30)31(25)38/h6-16,19-20H,5,17-18H2,1-4H3/q+1/b34-33+. The molecule has 0 bridgehead atoms. The van der Waals surface area contributed by atoms with Crippen molar-refractivity contribution in [2.75, 3.05) is 45.7 Å². The highest BCUT2D eigenvalue weighted by atomic mass is 16.1. The van der Waals surface area contributed by atoms with E-state index in [1.807, 2.05) is 66.7 Å². The van der Waals surface area contributed by atoms with E-state index in [0.29, 0.717) is 11.0 Å². The van der Waals surface area contributed by atoms with E-state index >= 15 is 0 Å². The van der Waals surface area contributed by atoms with Crippen molar-refractivity contribution < 1.29 is 4.48 Å². The number of anilines is 1. The first kappa shape index (κ1) is 24.0. The molecule has 0 aliphatic carbocycles. The number of nitrogens with zero attached hydrogens (tertiary/aromatic N) is 6. The molecular weight excluding hydrogens is 472 g/mol. The molecule has 4 aromatic carbocycles. The Hall–Kier alpha value is -4.36. The number of hydrogen-bond acceptors (Lipinski definition) is 5. The highest BCUT2D eigenvalue weighted by Crippen LogP contribution is 2.34. The molecule has 190 valence electrons. The predicted molar refractivity (Wildman–Crippen MR) is 157 cm³/mol. The van der Waals surface area contributed by atoms with Crippen molar-refractivity contribution in [3.8, 4) is 0 Å². The van der Waals surface area contributed by atoms with Gasteiger partial charge in [-0.3, -0.25) is 9.20 Å². The van der Waals surface area contributed by atoms with E-state index < -0.39 is 0 Å². The normalized spacial score (nSPS) is 12.5. The fourth-order valence-electron chi connectivity index (χ4n) is 5.09. The lowest BCUT2D eigenvalue weighted by Crippen LogP contribution is -2.42. The van der Waals surface area contributed by atoms with Crippen molar-refractivity contribution in [3.05, 3.63) is 89.2 Å². The summed E-state index contributed by atoms with van der Waals surface area (Å²) in [5.41, 5.74) is 4.90. The zero-order chi connectivity index (χ0) is 26.4. The fraction of sp³-hybridized carbons (Fsp3) is 0.226. The van der Waals surface area contributed by atoms with Crippen LogP contribution >= 0.6 is 0 Å². The van der Waals surface area contributed by atoms with Gasteiger partial charge in [0.25, 0.3) is 5.56 Å². The Kier molecular flexibility index (Phi) is 5.80. The van der Waals surface area contributed by atoms with Gasteiger partial charge in [-0.15, -0.1) is 0 Å². The summed E-state index contributed by atoms with van der Waals surface area (Å²) >= 11 is 0. The van der Waals surface area contributed by atoms with Crippen molar-refractivity contribution >= 4 is 55.3 Å². The lowest BCUT2D eigenvalue weighted by molar-refractivity contribution is -0.868. The molecule has 0 aliphatic rings. The first-order chi connectivity index (χ1) is 18.3. The van der Waals surface area contributed by atoms with E-state index in [1.165, 1.54) is 5.69 Å². The minimum Gasteiger partial charge on any atom is -0.366 e. The second kappa shape index (κ2) is 9.19. The molecule has 2 heterocycles. The van der Waals surface area contributed by atoms with Gasteiger partial charge in [0, 0.05) is 28.4 Å². The molecule has 6 aromatic rings. The number of imidazole rings is 1. The Morgan fingerprint density at radius 1 is 0.868 bits per heavy atom. The van der Waals surface area contributed by atoms with Crippen molar-refractivity contribution in [3.63, 3.8) is 0 Å². The highest BCUT2D eigenvalue weighted by molar-refractivity contribution is 6.16. The van der Waals surface area contributed by atoms with Crippen LogP contribution in [0.1, 0.15) is 6.92 Å². The van der Waals surface area contributed by atoms with E-state index in [1.54, 1.807) is 4.40 Å². The van der Waals surface area contributed by atoms with Gasteiger partial charge in [0.15, 0.2) is 0 Å². The first-order valence-electron chi connectivity index (χ1n) is 13.0. The minimum atomic E-state index is -0.0520. The summed E-state index contributed by atoms with van der Waals surface area (Å²) in [4.78, 5) is 20.6. The SMILES string of the molecule is CCN(CC[N+](C)(C)C)c1ccc(/N=N/c2cc3cccc4c(=O)n5c6ccccc6nc5c(c2)c34)cc1. The Bertz CT molecular complexity index is 1860. The fourth-order valence-corrected chi connectivity index (χ4v) is 5.09. The Labute approximate surface area is 221 Å². The molecule has 0 N–H and O–H groups in total. The van der Waals surface area contributed by atoms with Gasteiger partial charge in [-0.05, 0) is 66.9 Å². The van der Waals surface area contributed by atoms with Crippen molar-refractivity contribution in [1.29, 1.82) is 0 Å². The molecule has 38 heavy (non-hydrogen) atoms. The molecule has 0 saturated carbocycles. The van der Waals surface area contributed by atoms with Gasteiger partial charge in [-0.2, -0.15) is 10.2 Å². The van der Waals surface area contributed by atoms with Crippen LogP contribution in [0.5, 0.6) is 0 Å². The number of benzene rings is 4. The summed E-state index contributed by atoms with van der Waals surface area (Å²) < 4.78 is 2.65. The smallest absolute Gasteiger partial charge is 0.264 e. The molecule has 7 heteroatoms. The summed E-state index contributed by atoms with van der Waals surface area (Å²) in [6.07, 6.45) is 0. The van der Waals surface area contributed by atoms with Gasteiger partial charge in [0.05, 0.1) is 56.6 Å². The topological polar surface area (TPSA) is 62.3 Å². The molecule has 0 atom stereocenters. The van der Waals surface area contributed by atoms with Crippen molar-refractivity contribution in [2.45, 2.75) is 6.92 Å². The number of pyridine rings is 1. The van der Waals surface area contributed by atoms with Gasteiger partial charge in [-0.1, -0.05) is 24.3 Å². The van der Waals surface area contributed by atoms with Crippen LogP contribution in [0.3, 0.4) is 0 Å². The molecule has 0 amide bonds. The lowest BCUT2D eigenvalue weighted by Gasteiger charge is -2.29. The molecule has 2 aromatic heterocycles. The number of para-hydroxylation sites is 2. The van der Waals surface area contributed by atoms with E-state index in [9.17, 15) is 4.79 Å². The molecule has 6 rings (SSSR count). The molecular formula is C31H31N6O+. The average molecular weight is 504 g/mol. The second-order valence-corrected chi connectivity index (χ2v) is 10.8. The predicted octanol–water partition coefficient (Wildman–Crippen LogP) is 6.54. The molecule has 0 unspecified atom stereocenters. The van der Waals surface area contributed by atoms with E-state index in [0.717, 1.165) is 62.7 Å². The number of rotatable bonds is 7. The summed E-state index contributed by atoms with van der Waals surface area (Å²) in [5, 5.41) is 12.6. The molecule has 0 aliphatic heterocycles. The van der Waals surface area contributed by atoms with Crippen LogP contribution < -0.4 is 10.5 Å². The maximum absolute atomic E-state index is 13.4. The zero-order valence-electron chi connectivity index (χ0n) is 22.2. The van der Waals surface area contributed by atoms with Crippen LogP contribution in [0.4, 0.5) is 17.1 Å². The Morgan fingerprint density at radius 2 is 1.63 bits per heavy atom. The van der Waals surface area contributed by atoms with Crippen molar-refractivity contribution in [2.24, 2.45) is 10.2 Å². The second-order valence-electron chi connectivity index (χ2n) is 10.8. The van der Waals surface area contributed by atoms with E-state index in [4.69, 9.17) is 4.98 Å². The molecule has 0 spiro atoms. The molecule has 7 nitrogen and oxygen atoms in total. The quantitative estimate of drug-likeness (QED) is 0.184. The summed E-state index contributed by atoms with van der Waals surface area (Å²) in [6, 6.07) is 25.8. The molecule has 0 saturated heterocycles. The van der Waals surface area contributed by atoms with Crippen molar-refractivity contribution in [1.82, 2.24) is 9.38 Å². The number of hydrogen-bond donors (Lipinski definition) is 0. The van der Waals surface area contributed by atoms with Gasteiger partial charge >= 0.3 is 0 Å². The maximum Gasteiger partial charge on any atom is 0.264 e. The highest BCUT2D eigenvalue weighted by Gasteiger charge is 2.17. The van der Waals surface area contributed by atoms with E-state index in [2.05, 4.69) is 55.3 Å². The number of fused-ring (bicyclic) bond motifs is 4. The van der Waals surface area contributed by atoms with Crippen LogP contribution in [0.25, 0.3) is 38.2 Å². The Balaban J connectivity index is 1.38. The number of likely N-dealkylation sites (N-methyl/N-ethyl adjacent to an activating group) is 2. The van der Waals surface area contributed by atoms with Gasteiger partial charge in [0.1, 0.15) is 5.65 Å². The monoisotopic (exact) mass is 503 g/mol. The summed E-state index contributed by atoms with van der Waals surface area (Å²) in [6.45, 7) is 5.20. The lowest BCUT2D eigenvalue weighted by atomic mass is 10.0. The third kappa shape index (κ3) is 4.25. The van der Waals surface area contributed by atoms with Crippen LogP contribution in [0, 0.1) is 0 Å². The number of quaternary nitrogens is 1. The third-order valence-corrected chi connectivity index (χ3v) is 7.12. The van der Waals surface area contributed by atoms with Crippen LogP contribution in [0.15, 0.2) is 93.9 Å². The van der Waals surface area contributed by atoms with Gasteiger partial charge in [-0.25, -0.2) is 4.98 Å². The van der Waals surface area contributed by atoms with Crippen LogP contribution in [-0.2, 0) is 0 Å². The minimum absolute atomic E-state index is 0.0520. The van der Waals surface area contributed by atoms with Gasteiger partial charge in [0.2, 0.25) is 0 Å². The third-order valence-electron chi connectivity index (χ3n) is 7.12. The largest absolute Gasteiger partial charge is 0.366 e. The first-order valence-corrected chi connectivity index (χ1v) is 13.0. The maximum atomic E-state index is 13.4. The number of azo groups is 1. The average Bonchev–Trinajstić information content (AvgIpc) is 3.31. The van der Waals surface area contributed by atoms with Crippen LogP contribution in [-0.4, -0.2) is 54.6 Å². The summed E-state index contributed by atoms with van der Waals surface area (Å²) in [7, 11) is 6.64. The van der Waals surface area contributed by atoms with Gasteiger partial charge < -0.3 is 9.38 Å². The van der Waals surface area contributed by atoms with Crippen LogP contribution in [0.2, 0.25) is 0 Å². The molecule has 0 fully saturated rings. The number of aromatic nitrogens is 2. The van der Waals surface area contributed by atoms with E-state index in [-0.39, 0.29) is 5.56 Å². The zero-order valence-corrected chi connectivity index (χ0v) is 22.2. The summed E-state index contributed by atoms with van der Waals surface area (Å²) in [5.74, 6) is 0.